The Balaban J connectivity index is 0.000000222. The molecule has 4 aliphatic carbocycles. The van der Waals surface area contributed by atoms with Gasteiger partial charge in [-0.05, 0) is 177 Å². The number of rotatable bonds is 12. The van der Waals surface area contributed by atoms with Crippen LogP contribution in [0.5, 0.6) is 23.3 Å². The number of benzene rings is 2. The minimum absolute atomic E-state index is 0.0764. The third kappa shape index (κ3) is 16.8. The fourth-order valence-corrected chi connectivity index (χ4v) is 19.2. The summed E-state index contributed by atoms with van der Waals surface area (Å²) in [5, 5.41) is 10.4. The molecule has 2 unspecified atom stereocenters. The van der Waals surface area contributed by atoms with Crippen LogP contribution in [0.4, 0.5) is 8.78 Å². The molecule has 3 amide bonds. The summed E-state index contributed by atoms with van der Waals surface area (Å²) in [7, 11) is -1.05. The molecular weight excluding hydrogens is 1380 g/mol. The number of ketones is 1. The monoisotopic (exact) mass is 1500 g/mol. The Morgan fingerprint density at radius 1 is 0.623 bits per heavy atom. The molecule has 4 bridgehead atoms. The summed E-state index contributed by atoms with van der Waals surface area (Å²) in [6.45, 7) is 20.5. The molecule has 2 N–H and O–H groups in total. The number of hydrogen-bond acceptors (Lipinski definition) is 19. The number of carboxylic acids is 1. The number of fused-ring (bicyclic) bond motifs is 10. The van der Waals surface area contributed by atoms with Crippen molar-refractivity contribution in [3.63, 3.8) is 0 Å². The van der Waals surface area contributed by atoms with E-state index < -0.39 is 144 Å². The minimum Gasteiger partial charge on any atom is -0.497 e. The Morgan fingerprint density at radius 2 is 1.06 bits per heavy atom. The van der Waals surface area contributed by atoms with Gasteiger partial charge < -0.3 is 43.3 Å². The summed E-state index contributed by atoms with van der Waals surface area (Å²) < 4.78 is 92.9. The van der Waals surface area contributed by atoms with E-state index in [1.807, 2.05) is 93.5 Å². The quantitative estimate of drug-likeness (QED) is 0.125. The number of nitrogens with one attached hydrogen (secondary N) is 1. The van der Waals surface area contributed by atoms with E-state index in [9.17, 15) is 51.1 Å². The Kier molecular flexibility index (Phi) is 23.5. The SMILES string of the molecule is CC[C@H]1C(C(=O)C[C@]2(C(=O)NS(=O)(=O)C3(C)CC3)C[C@H]2C(F)F)N2C[C@@H]1Oc1nc3cc(OC)ccc3nc1CCCCC[C@@H]1CCC[C@@]1(C)OC(=O)C[C@@H](C(C)(C)C)C2=O.CC[C@H]1C(C(=O)O)N2C[C@@H]1Oc1nc3cc(OC)ccc3nc1CCCCC[C@@H]1CCC[C@@]1(C)OC(=O)C[C@@H](C(C)(C)C)C2=O. The highest BCUT2D eigenvalue weighted by Gasteiger charge is 2.67. The van der Waals surface area contributed by atoms with Gasteiger partial charge in [0.1, 0.15) is 52.3 Å². The standard InChI is InChI=1S/C45H62F2N4O9S.C35H49N3O7/c1-8-28-35-25-51(37(28)34(52)24-45(23-30(45)38(46)47)41(55)50-61(56,57)43(5)19-20-43)40(54)29(42(2,3)4)22-36(53)60-44(6)18-12-14-26(44)13-10-9-11-15-32-39(59-35)49-33-21-27(58-7)16-17-31(33)48-32;1-7-23-28-20-38(30(23)33(41)42)32(40)24(34(2,3)4)19-29(39)45-35(5)17-11-13-21(35)12-9-8-10-14-26-31(44-28)37-27-18-22(43-6)15-16-25(27)36-26/h16-17,21,26,28-30,35,37-38H,8-15,18-20,22-25H2,1-7H3,(H,50,55);15-16,18,21,23-24,28,30H,7-14,17,19-20H2,1-6H3,(H,41,42)/t26-,28-,29-,30+,35+,37?,44-,45-;21-,23-,24-,28+,30?,35-/m11/s1. The molecule has 14 atom stereocenters. The number of aryl methyl sites for hydroxylation is 2. The van der Waals surface area contributed by atoms with Crippen LogP contribution in [0.25, 0.3) is 22.1 Å². The van der Waals surface area contributed by atoms with Crippen LogP contribution < -0.4 is 23.7 Å². The number of alkyl halides is 2. The lowest BCUT2D eigenvalue weighted by Gasteiger charge is -2.37. The van der Waals surface area contributed by atoms with Crippen molar-refractivity contribution < 1.29 is 84.3 Å². The Labute approximate surface area is 622 Å². The third-order valence-corrected chi connectivity index (χ3v) is 27.2. The predicted octanol–water partition coefficient (Wildman–Crippen LogP) is 13.1. The maximum Gasteiger partial charge on any atom is 0.326 e. The molecule has 12 rings (SSSR count). The number of Topliss-reactive ketones (excluding diaryl/α,β-unsaturated/α-hetero) is 1. The van der Waals surface area contributed by atoms with Gasteiger partial charge in [-0.3, -0.25) is 33.5 Å². The molecular formula is C80H111F2N7O16S. The Morgan fingerprint density at radius 3 is 1.45 bits per heavy atom. The van der Waals surface area contributed by atoms with Gasteiger partial charge in [0, 0.05) is 36.3 Å². The molecule has 4 aliphatic heterocycles. The van der Waals surface area contributed by atoms with E-state index in [-0.39, 0.29) is 56.0 Å². The molecule has 26 heteroatoms. The minimum atomic E-state index is -4.20. The average molecular weight is 1500 g/mol. The summed E-state index contributed by atoms with van der Waals surface area (Å²) in [4.78, 5) is 121. The molecule has 4 aromatic rings. The van der Waals surface area contributed by atoms with E-state index in [0.29, 0.717) is 84.6 Å². The van der Waals surface area contributed by atoms with E-state index in [1.54, 1.807) is 26.4 Å². The first-order valence-corrected chi connectivity index (χ1v) is 40.2. The summed E-state index contributed by atoms with van der Waals surface area (Å²) >= 11 is 0. The maximum atomic E-state index is 15.1. The summed E-state index contributed by atoms with van der Waals surface area (Å²) in [5.41, 5.74) is -0.761. The number of carboxylic acid groups (broad SMARTS) is 1. The number of carbonyl (C=O) groups excluding carboxylic acids is 6. The predicted molar refractivity (Wildman–Crippen MR) is 391 cm³/mol. The lowest BCUT2D eigenvalue weighted by atomic mass is 9.77. The van der Waals surface area contributed by atoms with Crippen LogP contribution in [0.1, 0.15) is 229 Å². The van der Waals surface area contributed by atoms with E-state index >= 15 is 4.79 Å². The number of amides is 3. The molecule has 4 saturated carbocycles. The lowest BCUT2D eigenvalue weighted by molar-refractivity contribution is -0.167. The zero-order chi connectivity index (χ0) is 76.8. The van der Waals surface area contributed by atoms with Gasteiger partial charge in [0.15, 0.2) is 5.78 Å². The number of nitrogens with zero attached hydrogens (tertiary/aromatic N) is 6. The van der Waals surface area contributed by atoms with Crippen molar-refractivity contribution in [3.8, 4) is 23.3 Å². The van der Waals surface area contributed by atoms with Crippen molar-refractivity contribution in [2.45, 2.75) is 277 Å². The highest BCUT2D eigenvalue weighted by atomic mass is 32.2. The molecule has 0 spiro atoms. The van der Waals surface area contributed by atoms with Crippen molar-refractivity contribution in [1.29, 1.82) is 0 Å². The van der Waals surface area contributed by atoms with Crippen molar-refractivity contribution >= 4 is 73.5 Å². The highest BCUT2D eigenvalue weighted by Crippen LogP contribution is 2.60. The number of carbonyl (C=O) groups is 7. The molecule has 2 aromatic carbocycles. The zero-order valence-electron chi connectivity index (χ0n) is 64.2. The maximum absolute atomic E-state index is 15.1. The van der Waals surface area contributed by atoms with Gasteiger partial charge >= 0.3 is 17.9 Å². The van der Waals surface area contributed by atoms with Crippen LogP contribution in [-0.2, 0) is 65.9 Å². The second-order valence-electron chi connectivity index (χ2n) is 34.4. The molecule has 0 radical (unpaired) electrons. The molecule has 23 nitrogen and oxygen atoms in total. The summed E-state index contributed by atoms with van der Waals surface area (Å²) in [5.74, 6) is -6.79. The Bertz CT molecular complexity index is 4090. The number of aliphatic carboxylic acids is 1. The number of ether oxygens (including phenoxy) is 6. The molecule has 106 heavy (non-hydrogen) atoms. The second-order valence-corrected chi connectivity index (χ2v) is 36.5. The number of halogens is 2. The van der Waals surface area contributed by atoms with E-state index in [2.05, 4.69) is 4.72 Å². The van der Waals surface area contributed by atoms with Crippen LogP contribution in [0.15, 0.2) is 36.4 Å². The molecule has 2 saturated heterocycles. The first-order valence-electron chi connectivity index (χ1n) is 38.7. The third-order valence-electron chi connectivity index (χ3n) is 25.1. The van der Waals surface area contributed by atoms with Gasteiger partial charge in [-0.15, -0.1) is 0 Å². The van der Waals surface area contributed by atoms with Crippen LogP contribution >= 0.6 is 0 Å². The van der Waals surface area contributed by atoms with Crippen molar-refractivity contribution in [2.24, 2.45) is 57.7 Å². The number of hydrogen-bond donors (Lipinski definition) is 2. The second kappa shape index (κ2) is 31.3. The smallest absolute Gasteiger partial charge is 0.326 e. The number of sulfonamides is 1. The van der Waals surface area contributed by atoms with Gasteiger partial charge in [-0.1, -0.05) is 81.1 Å². The van der Waals surface area contributed by atoms with Crippen LogP contribution in [0, 0.1) is 57.7 Å². The topological polar surface area (TPSA) is 299 Å². The summed E-state index contributed by atoms with van der Waals surface area (Å²) in [6, 6.07) is 8.59. The first kappa shape index (κ1) is 79.7. The van der Waals surface area contributed by atoms with Gasteiger partial charge in [0.2, 0.25) is 45.9 Å². The van der Waals surface area contributed by atoms with Gasteiger partial charge in [0.25, 0.3) is 0 Å². The molecule has 8 aliphatic rings. The molecule has 6 fully saturated rings. The number of methoxy groups -OCH3 is 2. The van der Waals surface area contributed by atoms with Crippen LogP contribution in [0.3, 0.4) is 0 Å². The lowest BCUT2D eigenvalue weighted by Crippen LogP contribution is -2.50. The fourth-order valence-electron chi connectivity index (χ4n) is 17.9. The van der Waals surface area contributed by atoms with Crippen molar-refractivity contribution in [2.75, 3.05) is 27.3 Å². The van der Waals surface area contributed by atoms with Gasteiger partial charge in [-0.2, -0.15) is 0 Å². The Hall–Kier alpha value is -7.38. The normalized spacial score (nSPS) is 31.2. The largest absolute Gasteiger partial charge is 0.497 e. The van der Waals surface area contributed by atoms with Gasteiger partial charge in [0.05, 0.1) is 90.3 Å². The molecule has 2 aromatic heterocycles. The van der Waals surface area contributed by atoms with Crippen molar-refractivity contribution in [1.82, 2.24) is 34.5 Å². The van der Waals surface area contributed by atoms with Crippen LogP contribution in [-0.4, -0.2) is 159 Å². The first-order chi connectivity index (χ1) is 50.0. The zero-order valence-corrected chi connectivity index (χ0v) is 65.0. The van der Waals surface area contributed by atoms with Crippen molar-refractivity contribution in [3.05, 3.63) is 47.8 Å². The van der Waals surface area contributed by atoms with E-state index in [4.69, 9.17) is 48.4 Å². The van der Waals surface area contributed by atoms with E-state index in [0.717, 1.165) is 94.7 Å². The highest BCUT2D eigenvalue weighted by molar-refractivity contribution is 7.91. The number of aromatic nitrogens is 4. The van der Waals surface area contributed by atoms with Crippen LogP contribution in [0.2, 0.25) is 0 Å². The summed E-state index contributed by atoms with van der Waals surface area (Å²) in [6.07, 6.45) is 9.45. The molecule has 582 valence electrons. The molecule has 6 heterocycles. The van der Waals surface area contributed by atoms with E-state index in [1.165, 1.54) is 16.7 Å². The van der Waals surface area contributed by atoms with Gasteiger partial charge in [-0.25, -0.2) is 41.9 Å². The number of esters is 2. The fraction of sp³-hybridized carbons (Fsp3) is 0.713. The average Bonchev–Trinajstić information content (AvgIpc) is 1.56.